The van der Waals surface area contributed by atoms with Gasteiger partial charge in [-0.05, 0) is 18.4 Å². The second-order valence-corrected chi connectivity index (χ2v) is 7.56. The average Bonchev–Trinajstić information content (AvgIpc) is 3.16. The van der Waals surface area contributed by atoms with Crippen molar-refractivity contribution in [3.63, 3.8) is 0 Å². The monoisotopic (exact) mass is 327 g/mol. The highest BCUT2D eigenvalue weighted by Gasteiger charge is 2.09. The van der Waals surface area contributed by atoms with Crippen LogP contribution in [-0.2, 0) is 5.75 Å². The Hall–Kier alpha value is -0.830. The third-order valence-electron chi connectivity index (χ3n) is 2.19. The van der Waals surface area contributed by atoms with E-state index in [0.717, 1.165) is 30.9 Å². The van der Waals surface area contributed by atoms with Gasteiger partial charge in [-0.1, -0.05) is 34.9 Å². The molecular formula is C11H9N3OS4. The molecule has 0 amide bonds. The summed E-state index contributed by atoms with van der Waals surface area (Å²) in [7, 11) is 0. The third-order valence-corrected chi connectivity index (χ3v) is 6.16. The van der Waals surface area contributed by atoms with Gasteiger partial charge < -0.3 is 4.42 Å². The van der Waals surface area contributed by atoms with Gasteiger partial charge in [-0.15, -0.1) is 21.5 Å². The van der Waals surface area contributed by atoms with Gasteiger partial charge in [-0.3, -0.25) is 0 Å². The van der Waals surface area contributed by atoms with Gasteiger partial charge in [-0.2, -0.15) is 0 Å². The summed E-state index contributed by atoms with van der Waals surface area (Å²) >= 11 is 6.50. The molecule has 8 heteroatoms. The van der Waals surface area contributed by atoms with Gasteiger partial charge in [0, 0.05) is 11.1 Å². The molecule has 19 heavy (non-hydrogen) atoms. The number of rotatable bonds is 5. The molecule has 0 fully saturated rings. The molecule has 0 spiro atoms. The van der Waals surface area contributed by atoms with Gasteiger partial charge in [0.15, 0.2) is 19.4 Å². The Labute approximate surface area is 126 Å². The fraction of sp³-hybridized carbons (Fsp3) is 0.182. The SMILES string of the molecule is CSc1nnc(SCc2csc(-c3ccco3)n2)s1. The normalized spacial score (nSPS) is 11.0. The van der Waals surface area contributed by atoms with E-state index in [9.17, 15) is 0 Å². The molecule has 3 aromatic rings. The Morgan fingerprint density at radius 2 is 2.21 bits per heavy atom. The smallest absolute Gasteiger partial charge is 0.175 e. The Bertz CT molecular complexity index is 647. The van der Waals surface area contributed by atoms with Crippen LogP contribution in [0.2, 0.25) is 0 Å². The summed E-state index contributed by atoms with van der Waals surface area (Å²) in [6.45, 7) is 0. The van der Waals surface area contributed by atoms with E-state index in [2.05, 4.69) is 20.6 Å². The highest BCUT2D eigenvalue weighted by atomic mass is 32.2. The van der Waals surface area contributed by atoms with Gasteiger partial charge in [0.2, 0.25) is 0 Å². The fourth-order valence-corrected chi connectivity index (χ4v) is 4.58. The van der Waals surface area contributed by atoms with Gasteiger partial charge >= 0.3 is 0 Å². The molecule has 3 rings (SSSR count). The van der Waals surface area contributed by atoms with Crippen molar-refractivity contribution >= 4 is 46.2 Å². The number of thioether (sulfide) groups is 2. The van der Waals surface area contributed by atoms with E-state index in [-0.39, 0.29) is 0 Å². The van der Waals surface area contributed by atoms with Crippen LogP contribution >= 0.6 is 46.2 Å². The van der Waals surface area contributed by atoms with Crippen molar-refractivity contribution in [3.05, 3.63) is 29.5 Å². The third kappa shape index (κ3) is 3.19. The maximum atomic E-state index is 5.33. The number of hydrogen-bond donors (Lipinski definition) is 0. The van der Waals surface area contributed by atoms with Crippen molar-refractivity contribution in [2.45, 2.75) is 14.4 Å². The number of furan rings is 1. The van der Waals surface area contributed by atoms with Crippen molar-refractivity contribution in [3.8, 4) is 10.8 Å². The maximum absolute atomic E-state index is 5.33. The molecule has 0 aliphatic rings. The highest BCUT2D eigenvalue weighted by Crippen LogP contribution is 2.31. The average molecular weight is 327 g/mol. The zero-order chi connectivity index (χ0) is 13.1. The van der Waals surface area contributed by atoms with Crippen molar-refractivity contribution in [2.75, 3.05) is 6.26 Å². The number of nitrogens with zero attached hydrogens (tertiary/aromatic N) is 3. The Morgan fingerprint density at radius 3 is 2.95 bits per heavy atom. The highest BCUT2D eigenvalue weighted by molar-refractivity contribution is 8.02. The molecule has 0 unspecified atom stereocenters. The molecule has 0 aliphatic heterocycles. The summed E-state index contributed by atoms with van der Waals surface area (Å²) in [6.07, 6.45) is 3.67. The zero-order valence-corrected chi connectivity index (χ0v) is 13.2. The van der Waals surface area contributed by atoms with E-state index < -0.39 is 0 Å². The molecule has 4 nitrogen and oxygen atoms in total. The molecule has 3 aromatic heterocycles. The predicted molar refractivity (Wildman–Crippen MR) is 81.1 cm³/mol. The van der Waals surface area contributed by atoms with Crippen LogP contribution in [0.15, 0.2) is 36.9 Å². The number of thiazole rings is 1. The van der Waals surface area contributed by atoms with Gasteiger partial charge in [-0.25, -0.2) is 4.98 Å². The molecule has 3 heterocycles. The Balaban J connectivity index is 1.64. The van der Waals surface area contributed by atoms with E-state index in [1.54, 1.807) is 52.5 Å². The molecule has 0 saturated carbocycles. The van der Waals surface area contributed by atoms with Gasteiger partial charge in [0.1, 0.15) is 0 Å². The lowest BCUT2D eigenvalue weighted by Crippen LogP contribution is -1.81. The quantitative estimate of drug-likeness (QED) is 0.652. The second kappa shape index (κ2) is 6.08. The summed E-state index contributed by atoms with van der Waals surface area (Å²) in [4.78, 5) is 4.55. The fourth-order valence-electron chi connectivity index (χ4n) is 1.36. The minimum absolute atomic E-state index is 0.806. The summed E-state index contributed by atoms with van der Waals surface area (Å²) < 4.78 is 7.31. The van der Waals surface area contributed by atoms with Crippen LogP contribution in [0.25, 0.3) is 10.8 Å². The van der Waals surface area contributed by atoms with Crippen molar-refractivity contribution in [1.82, 2.24) is 15.2 Å². The van der Waals surface area contributed by atoms with Crippen LogP contribution in [0, 0.1) is 0 Å². The largest absolute Gasteiger partial charge is 0.462 e. The lowest BCUT2D eigenvalue weighted by molar-refractivity contribution is 0.581. The summed E-state index contributed by atoms with van der Waals surface area (Å²) in [6, 6.07) is 3.79. The first-order chi connectivity index (χ1) is 9.35. The standard InChI is InChI=1S/C11H9N3OS4/c1-16-10-13-14-11(19-10)18-6-7-5-17-9(12-7)8-3-2-4-15-8/h2-5H,6H2,1H3. The number of hydrogen-bond acceptors (Lipinski definition) is 8. The van der Waals surface area contributed by atoms with Crippen LogP contribution in [0.4, 0.5) is 0 Å². The van der Waals surface area contributed by atoms with Gasteiger partial charge in [0.25, 0.3) is 0 Å². The van der Waals surface area contributed by atoms with Crippen LogP contribution in [0.5, 0.6) is 0 Å². The first kappa shape index (κ1) is 13.2. The van der Waals surface area contributed by atoms with E-state index in [1.165, 1.54) is 0 Å². The summed E-state index contributed by atoms with van der Waals surface area (Å²) in [5.74, 6) is 1.63. The lowest BCUT2D eigenvalue weighted by Gasteiger charge is -1.92. The molecule has 0 aliphatic carbocycles. The Kier molecular flexibility index (Phi) is 4.21. The topological polar surface area (TPSA) is 51.8 Å². The lowest BCUT2D eigenvalue weighted by atomic mass is 10.5. The van der Waals surface area contributed by atoms with Crippen LogP contribution in [-0.4, -0.2) is 21.4 Å². The van der Waals surface area contributed by atoms with Crippen LogP contribution < -0.4 is 0 Å². The molecule has 0 saturated heterocycles. The van der Waals surface area contributed by atoms with E-state index in [1.807, 2.05) is 18.4 Å². The first-order valence-electron chi connectivity index (χ1n) is 5.34. The van der Waals surface area contributed by atoms with E-state index in [0.29, 0.717) is 0 Å². The minimum Gasteiger partial charge on any atom is -0.462 e. The summed E-state index contributed by atoms with van der Waals surface area (Å²) in [5.41, 5.74) is 1.04. The summed E-state index contributed by atoms with van der Waals surface area (Å²) in [5, 5.41) is 11.2. The molecule has 0 atom stereocenters. The molecule has 0 bridgehead atoms. The van der Waals surface area contributed by atoms with Gasteiger partial charge in [0.05, 0.1) is 12.0 Å². The van der Waals surface area contributed by atoms with Crippen molar-refractivity contribution in [2.24, 2.45) is 0 Å². The van der Waals surface area contributed by atoms with Crippen LogP contribution in [0.1, 0.15) is 5.69 Å². The molecule has 98 valence electrons. The van der Waals surface area contributed by atoms with E-state index >= 15 is 0 Å². The molecular weight excluding hydrogens is 318 g/mol. The van der Waals surface area contributed by atoms with Crippen LogP contribution in [0.3, 0.4) is 0 Å². The minimum atomic E-state index is 0.806. The number of aromatic nitrogens is 3. The van der Waals surface area contributed by atoms with E-state index in [4.69, 9.17) is 4.42 Å². The predicted octanol–water partition coefficient (Wildman–Crippen LogP) is 4.27. The molecule has 0 aromatic carbocycles. The molecule has 0 radical (unpaired) electrons. The maximum Gasteiger partial charge on any atom is 0.175 e. The first-order valence-corrected chi connectivity index (χ1v) is 9.24. The van der Waals surface area contributed by atoms with Crippen molar-refractivity contribution in [1.29, 1.82) is 0 Å². The second-order valence-electron chi connectivity index (χ2n) is 3.45. The molecule has 0 N–H and O–H groups in total. The Morgan fingerprint density at radius 1 is 1.32 bits per heavy atom. The zero-order valence-electron chi connectivity index (χ0n) is 9.90. The van der Waals surface area contributed by atoms with Crippen molar-refractivity contribution < 1.29 is 4.42 Å².